The van der Waals surface area contributed by atoms with Crippen LogP contribution in [0.1, 0.15) is 52.4 Å². The van der Waals surface area contributed by atoms with Crippen LogP contribution in [0.4, 0.5) is 5.95 Å². The molecule has 3 rings (SSSR count). The summed E-state index contributed by atoms with van der Waals surface area (Å²) in [4.78, 5) is 15.8. The molecule has 3 N–H and O–H groups in total. The summed E-state index contributed by atoms with van der Waals surface area (Å²) in [6.45, 7) is 7.58. The summed E-state index contributed by atoms with van der Waals surface area (Å²) in [6, 6.07) is 2.16. The fourth-order valence-corrected chi connectivity index (χ4v) is 4.07. The van der Waals surface area contributed by atoms with Gasteiger partial charge in [-0.25, -0.2) is 9.97 Å². The number of anilines is 1. The summed E-state index contributed by atoms with van der Waals surface area (Å²) in [5.41, 5.74) is -0.114. The first-order valence-electron chi connectivity index (χ1n) is 10.4. The first-order chi connectivity index (χ1) is 13.1. The molecule has 0 spiro atoms. The Balaban J connectivity index is 1.61. The average Bonchev–Trinajstić information content (AvgIpc) is 2.70. The maximum absolute atomic E-state index is 10.4. The van der Waals surface area contributed by atoms with E-state index < -0.39 is 0 Å². The van der Waals surface area contributed by atoms with E-state index in [2.05, 4.69) is 39.3 Å². The Bertz CT molecular complexity index is 610. The van der Waals surface area contributed by atoms with E-state index in [4.69, 9.17) is 4.99 Å². The Morgan fingerprint density at radius 2 is 2.11 bits per heavy atom. The van der Waals surface area contributed by atoms with Crippen LogP contribution in [0.15, 0.2) is 23.5 Å². The molecule has 1 aliphatic carbocycles. The molecule has 0 radical (unpaired) electrons. The molecular formula is C20H34N6O. The van der Waals surface area contributed by atoms with Crippen molar-refractivity contribution in [2.24, 2.45) is 10.4 Å². The van der Waals surface area contributed by atoms with E-state index in [1.807, 2.05) is 6.07 Å². The fraction of sp³-hybridized carbons (Fsp3) is 0.750. The smallest absolute Gasteiger partial charge is 0.225 e. The van der Waals surface area contributed by atoms with E-state index in [1.165, 1.54) is 6.42 Å². The van der Waals surface area contributed by atoms with E-state index in [9.17, 15) is 5.11 Å². The van der Waals surface area contributed by atoms with E-state index in [0.29, 0.717) is 12.6 Å². The molecule has 1 saturated carbocycles. The SMILES string of the molecule is CCNC(=NCC1(C)CCCCC1O)NC1CCCN(c2ncccn2)C1. The van der Waals surface area contributed by atoms with E-state index >= 15 is 0 Å². The molecule has 0 aromatic carbocycles. The molecule has 1 aromatic heterocycles. The van der Waals surface area contributed by atoms with Gasteiger partial charge in [0.05, 0.1) is 12.6 Å². The number of piperidine rings is 1. The highest BCUT2D eigenvalue weighted by atomic mass is 16.3. The predicted molar refractivity (Wildman–Crippen MR) is 109 cm³/mol. The van der Waals surface area contributed by atoms with Crippen molar-refractivity contribution in [3.05, 3.63) is 18.5 Å². The van der Waals surface area contributed by atoms with E-state index in [-0.39, 0.29) is 11.5 Å². The van der Waals surface area contributed by atoms with Crippen molar-refractivity contribution >= 4 is 11.9 Å². The molecule has 0 amide bonds. The molecule has 1 aliphatic heterocycles. The molecule has 0 bridgehead atoms. The minimum absolute atomic E-state index is 0.114. The number of aliphatic imine (C=N–C) groups is 1. The van der Waals surface area contributed by atoms with Crippen molar-refractivity contribution in [3.8, 4) is 0 Å². The van der Waals surface area contributed by atoms with Gasteiger partial charge in [0, 0.05) is 43.5 Å². The fourth-order valence-electron chi connectivity index (χ4n) is 4.07. The van der Waals surface area contributed by atoms with Crippen LogP contribution in [0.5, 0.6) is 0 Å². The number of rotatable bonds is 5. The van der Waals surface area contributed by atoms with Gasteiger partial charge >= 0.3 is 0 Å². The third-order valence-corrected chi connectivity index (χ3v) is 5.82. The van der Waals surface area contributed by atoms with Crippen LogP contribution >= 0.6 is 0 Å². The standard InChI is InChI=1S/C20H34N6O/c1-3-21-18(24-15-20(2)10-5-4-9-17(20)27)25-16-8-6-13-26(14-16)19-22-11-7-12-23-19/h7,11-12,16-17,27H,3-6,8-10,13-15H2,1-2H3,(H2,21,24,25). The quantitative estimate of drug-likeness (QED) is 0.539. The number of hydrogen-bond donors (Lipinski definition) is 3. The van der Waals surface area contributed by atoms with Crippen LogP contribution in [0.25, 0.3) is 0 Å². The summed E-state index contributed by atoms with van der Waals surface area (Å²) >= 11 is 0. The van der Waals surface area contributed by atoms with Crippen molar-refractivity contribution in [1.82, 2.24) is 20.6 Å². The molecule has 150 valence electrons. The van der Waals surface area contributed by atoms with Crippen LogP contribution in [0.3, 0.4) is 0 Å². The van der Waals surface area contributed by atoms with Gasteiger partial charge in [0.15, 0.2) is 5.96 Å². The lowest BCUT2D eigenvalue weighted by Gasteiger charge is -2.37. The predicted octanol–water partition coefficient (Wildman–Crippen LogP) is 1.94. The third kappa shape index (κ3) is 5.31. The van der Waals surface area contributed by atoms with Crippen LogP contribution in [-0.2, 0) is 0 Å². The summed E-state index contributed by atoms with van der Waals surface area (Å²) in [5.74, 6) is 1.64. The second-order valence-electron chi connectivity index (χ2n) is 8.09. The Morgan fingerprint density at radius 1 is 1.30 bits per heavy atom. The number of aliphatic hydroxyl groups excluding tert-OH is 1. The summed E-state index contributed by atoms with van der Waals surface area (Å²) < 4.78 is 0. The zero-order valence-corrected chi connectivity index (χ0v) is 16.7. The molecule has 1 aromatic rings. The summed E-state index contributed by atoms with van der Waals surface area (Å²) in [6.07, 6.45) is 9.78. The maximum atomic E-state index is 10.4. The first-order valence-corrected chi connectivity index (χ1v) is 10.4. The van der Waals surface area contributed by atoms with Gasteiger partial charge in [-0.2, -0.15) is 0 Å². The number of aliphatic hydroxyl groups is 1. The number of nitrogens with one attached hydrogen (secondary N) is 2. The van der Waals surface area contributed by atoms with Crippen molar-refractivity contribution in [2.75, 3.05) is 31.1 Å². The van der Waals surface area contributed by atoms with Gasteiger partial charge in [-0.05, 0) is 38.7 Å². The molecule has 3 atom stereocenters. The molecule has 2 aliphatic rings. The molecule has 2 fully saturated rings. The number of hydrogen-bond acceptors (Lipinski definition) is 5. The van der Waals surface area contributed by atoms with Gasteiger partial charge < -0.3 is 20.6 Å². The topological polar surface area (TPSA) is 85.7 Å². The van der Waals surface area contributed by atoms with Crippen LogP contribution in [-0.4, -0.2) is 59.4 Å². The Labute approximate surface area is 162 Å². The second kappa shape index (κ2) is 9.35. The monoisotopic (exact) mass is 374 g/mol. The Kier molecular flexibility index (Phi) is 6.88. The Hall–Kier alpha value is -1.89. The van der Waals surface area contributed by atoms with E-state index in [1.54, 1.807) is 12.4 Å². The van der Waals surface area contributed by atoms with Crippen molar-refractivity contribution in [2.45, 2.75) is 64.5 Å². The first kappa shape index (κ1) is 19.9. The molecule has 1 saturated heterocycles. The minimum Gasteiger partial charge on any atom is -0.392 e. The van der Waals surface area contributed by atoms with Gasteiger partial charge in [-0.3, -0.25) is 4.99 Å². The van der Waals surface area contributed by atoms with Crippen LogP contribution in [0.2, 0.25) is 0 Å². The number of nitrogens with zero attached hydrogens (tertiary/aromatic N) is 4. The lowest BCUT2D eigenvalue weighted by atomic mass is 9.73. The van der Waals surface area contributed by atoms with Gasteiger partial charge in [0.2, 0.25) is 5.95 Å². The van der Waals surface area contributed by atoms with Crippen molar-refractivity contribution in [1.29, 1.82) is 0 Å². The van der Waals surface area contributed by atoms with Gasteiger partial charge in [0.25, 0.3) is 0 Å². The van der Waals surface area contributed by atoms with Crippen molar-refractivity contribution < 1.29 is 5.11 Å². The molecule has 2 heterocycles. The van der Waals surface area contributed by atoms with Gasteiger partial charge in [0.1, 0.15) is 0 Å². The lowest BCUT2D eigenvalue weighted by Crippen LogP contribution is -2.52. The zero-order valence-electron chi connectivity index (χ0n) is 16.7. The normalized spacial score (nSPS) is 29.4. The largest absolute Gasteiger partial charge is 0.392 e. The van der Waals surface area contributed by atoms with Gasteiger partial charge in [-0.1, -0.05) is 19.8 Å². The van der Waals surface area contributed by atoms with Crippen LogP contribution in [0, 0.1) is 5.41 Å². The second-order valence-corrected chi connectivity index (χ2v) is 8.09. The number of guanidine groups is 1. The molecule has 27 heavy (non-hydrogen) atoms. The Morgan fingerprint density at radius 3 is 2.85 bits per heavy atom. The molecular weight excluding hydrogens is 340 g/mol. The highest BCUT2D eigenvalue weighted by Crippen LogP contribution is 2.36. The lowest BCUT2D eigenvalue weighted by molar-refractivity contribution is 0.00715. The van der Waals surface area contributed by atoms with Gasteiger partial charge in [-0.15, -0.1) is 0 Å². The zero-order chi connectivity index (χ0) is 19.1. The van der Waals surface area contributed by atoms with Crippen molar-refractivity contribution in [3.63, 3.8) is 0 Å². The highest BCUT2D eigenvalue weighted by Gasteiger charge is 2.35. The average molecular weight is 375 g/mol. The highest BCUT2D eigenvalue weighted by molar-refractivity contribution is 5.80. The van der Waals surface area contributed by atoms with Crippen LogP contribution < -0.4 is 15.5 Å². The third-order valence-electron chi connectivity index (χ3n) is 5.82. The van der Waals surface area contributed by atoms with E-state index in [0.717, 1.165) is 63.6 Å². The molecule has 3 unspecified atom stereocenters. The maximum Gasteiger partial charge on any atom is 0.225 e. The number of aromatic nitrogens is 2. The minimum atomic E-state index is -0.252. The summed E-state index contributed by atoms with van der Waals surface area (Å²) in [5, 5.41) is 17.4. The molecule has 7 heteroatoms. The molecule has 7 nitrogen and oxygen atoms in total. The summed E-state index contributed by atoms with van der Waals surface area (Å²) in [7, 11) is 0.